The first-order valence-corrected chi connectivity index (χ1v) is 6.04. The van der Waals surface area contributed by atoms with Crippen molar-refractivity contribution < 1.29 is 4.79 Å². The maximum Gasteiger partial charge on any atom is 0.212 e. The first kappa shape index (κ1) is 9.90. The molecule has 2 aromatic heterocycles. The van der Waals surface area contributed by atoms with E-state index in [2.05, 4.69) is 0 Å². The summed E-state index contributed by atoms with van der Waals surface area (Å²) < 4.78 is 0.654. The fourth-order valence-corrected chi connectivity index (χ4v) is 3.00. The van der Waals surface area contributed by atoms with E-state index < -0.39 is 0 Å². The van der Waals surface area contributed by atoms with Gasteiger partial charge < -0.3 is 0 Å². The molecule has 14 heavy (non-hydrogen) atoms. The molecular formula is C10H7ClOS2. The van der Waals surface area contributed by atoms with Crippen LogP contribution in [0.15, 0.2) is 24.3 Å². The van der Waals surface area contributed by atoms with Crippen LogP contribution in [-0.4, -0.2) is 5.78 Å². The quantitative estimate of drug-likeness (QED) is 0.728. The molecule has 0 aliphatic rings. The zero-order valence-electron chi connectivity index (χ0n) is 7.41. The van der Waals surface area contributed by atoms with Crippen molar-refractivity contribution in [3.05, 3.63) is 43.2 Å². The number of thiophene rings is 2. The summed E-state index contributed by atoms with van der Waals surface area (Å²) in [6.07, 6.45) is 0. The zero-order valence-corrected chi connectivity index (χ0v) is 9.80. The van der Waals surface area contributed by atoms with Gasteiger partial charge in [0.2, 0.25) is 5.78 Å². The van der Waals surface area contributed by atoms with Gasteiger partial charge >= 0.3 is 0 Å². The summed E-state index contributed by atoms with van der Waals surface area (Å²) in [7, 11) is 0. The van der Waals surface area contributed by atoms with E-state index in [9.17, 15) is 4.79 Å². The normalized spacial score (nSPS) is 10.4. The minimum absolute atomic E-state index is 0.0694. The van der Waals surface area contributed by atoms with Crippen LogP contribution >= 0.6 is 34.3 Å². The van der Waals surface area contributed by atoms with Crippen molar-refractivity contribution in [2.45, 2.75) is 6.92 Å². The molecule has 2 heterocycles. The molecule has 0 saturated carbocycles. The fraction of sp³-hybridized carbons (Fsp3) is 0.100. The third-order valence-electron chi connectivity index (χ3n) is 1.76. The molecular weight excluding hydrogens is 236 g/mol. The number of ketones is 1. The molecule has 0 unspecified atom stereocenters. The van der Waals surface area contributed by atoms with Crippen molar-refractivity contribution in [2.75, 3.05) is 0 Å². The van der Waals surface area contributed by atoms with Gasteiger partial charge in [0.05, 0.1) is 14.1 Å². The van der Waals surface area contributed by atoms with Crippen molar-refractivity contribution in [3.8, 4) is 0 Å². The summed E-state index contributed by atoms with van der Waals surface area (Å²) in [6.45, 7) is 1.99. The SMILES string of the molecule is Cc1ccc(C(=O)c2ccc(Cl)s2)s1. The number of carbonyl (C=O) groups is 1. The average molecular weight is 243 g/mol. The highest BCUT2D eigenvalue weighted by molar-refractivity contribution is 7.19. The smallest absolute Gasteiger partial charge is 0.212 e. The number of hydrogen-bond donors (Lipinski definition) is 0. The Kier molecular flexibility index (Phi) is 2.72. The van der Waals surface area contributed by atoms with Crippen LogP contribution in [-0.2, 0) is 0 Å². The number of hydrogen-bond acceptors (Lipinski definition) is 3. The number of carbonyl (C=O) groups excluding carboxylic acids is 1. The van der Waals surface area contributed by atoms with E-state index in [1.54, 1.807) is 12.1 Å². The Bertz CT molecular complexity index is 428. The Hall–Kier alpha value is -0.640. The summed E-state index contributed by atoms with van der Waals surface area (Å²) in [5.74, 6) is 0.0694. The van der Waals surface area contributed by atoms with Gasteiger partial charge in [0, 0.05) is 4.88 Å². The molecule has 1 nitrogen and oxygen atoms in total. The first-order chi connectivity index (χ1) is 6.66. The lowest BCUT2D eigenvalue weighted by atomic mass is 10.3. The Morgan fingerprint density at radius 2 is 1.79 bits per heavy atom. The summed E-state index contributed by atoms with van der Waals surface area (Å²) in [4.78, 5) is 14.5. The van der Waals surface area contributed by atoms with E-state index in [0.717, 1.165) is 9.75 Å². The Morgan fingerprint density at radius 1 is 1.14 bits per heavy atom. The van der Waals surface area contributed by atoms with Crippen LogP contribution in [0.4, 0.5) is 0 Å². The van der Waals surface area contributed by atoms with Gasteiger partial charge in [0.25, 0.3) is 0 Å². The van der Waals surface area contributed by atoms with Crippen LogP contribution in [0.2, 0.25) is 4.34 Å². The van der Waals surface area contributed by atoms with Gasteiger partial charge in [-0.15, -0.1) is 22.7 Å². The molecule has 0 saturated heterocycles. The van der Waals surface area contributed by atoms with E-state index in [4.69, 9.17) is 11.6 Å². The second kappa shape index (κ2) is 3.85. The maximum atomic E-state index is 11.8. The first-order valence-electron chi connectivity index (χ1n) is 4.03. The third kappa shape index (κ3) is 1.90. The molecule has 0 aliphatic carbocycles. The standard InChI is InChI=1S/C10H7ClOS2/c1-6-2-3-7(13-6)10(12)8-4-5-9(11)14-8/h2-5H,1H3. The van der Waals surface area contributed by atoms with Gasteiger partial charge in [-0.25, -0.2) is 0 Å². The predicted molar refractivity (Wildman–Crippen MR) is 61.8 cm³/mol. The highest BCUT2D eigenvalue weighted by atomic mass is 35.5. The van der Waals surface area contributed by atoms with Gasteiger partial charge in [0.15, 0.2) is 0 Å². The minimum Gasteiger partial charge on any atom is -0.287 e. The number of rotatable bonds is 2. The second-order valence-electron chi connectivity index (χ2n) is 2.84. The van der Waals surface area contributed by atoms with Crippen LogP contribution in [0.25, 0.3) is 0 Å². The van der Waals surface area contributed by atoms with E-state index in [-0.39, 0.29) is 5.78 Å². The molecule has 2 aromatic rings. The summed E-state index contributed by atoms with van der Waals surface area (Å²) >= 11 is 8.60. The van der Waals surface area contributed by atoms with Crippen LogP contribution < -0.4 is 0 Å². The maximum absolute atomic E-state index is 11.8. The van der Waals surface area contributed by atoms with Crippen molar-refractivity contribution in [1.29, 1.82) is 0 Å². The Morgan fingerprint density at radius 3 is 2.29 bits per heavy atom. The molecule has 0 aromatic carbocycles. The molecule has 4 heteroatoms. The fourth-order valence-electron chi connectivity index (χ4n) is 1.11. The molecule has 0 amide bonds. The van der Waals surface area contributed by atoms with Crippen molar-refractivity contribution >= 4 is 40.1 Å². The van der Waals surface area contributed by atoms with Crippen LogP contribution in [0.5, 0.6) is 0 Å². The summed E-state index contributed by atoms with van der Waals surface area (Å²) in [5.41, 5.74) is 0. The van der Waals surface area contributed by atoms with Gasteiger partial charge in [-0.1, -0.05) is 11.6 Å². The molecule has 0 atom stereocenters. The van der Waals surface area contributed by atoms with Crippen molar-refractivity contribution in [1.82, 2.24) is 0 Å². The topological polar surface area (TPSA) is 17.1 Å². The van der Waals surface area contributed by atoms with Gasteiger partial charge in [-0.3, -0.25) is 4.79 Å². The number of halogens is 1. The molecule has 0 aliphatic heterocycles. The zero-order chi connectivity index (χ0) is 10.1. The lowest BCUT2D eigenvalue weighted by molar-refractivity contribution is 0.104. The van der Waals surface area contributed by atoms with Gasteiger partial charge in [0.1, 0.15) is 0 Å². The number of aryl methyl sites for hydroxylation is 1. The lowest BCUT2D eigenvalue weighted by Crippen LogP contribution is -1.93. The summed E-state index contributed by atoms with van der Waals surface area (Å²) in [5, 5.41) is 0. The second-order valence-corrected chi connectivity index (χ2v) is 5.85. The van der Waals surface area contributed by atoms with Crippen molar-refractivity contribution in [3.63, 3.8) is 0 Å². The minimum atomic E-state index is 0.0694. The largest absolute Gasteiger partial charge is 0.287 e. The molecule has 0 N–H and O–H groups in total. The highest BCUT2D eigenvalue weighted by Crippen LogP contribution is 2.26. The van der Waals surface area contributed by atoms with E-state index in [0.29, 0.717) is 9.21 Å². The Labute approximate surface area is 95.0 Å². The van der Waals surface area contributed by atoms with Gasteiger partial charge in [-0.05, 0) is 31.2 Å². The van der Waals surface area contributed by atoms with Crippen LogP contribution in [0, 0.1) is 6.92 Å². The Balaban J connectivity index is 2.33. The third-order valence-corrected chi connectivity index (χ3v) is 3.99. The molecule has 0 fully saturated rings. The summed E-state index contributed by atoms with van der Waals surface area (Å²) in [6, 6.07) is 7.33. The van der Waals surface area contributed by atoms with E-state index in [1.807, 2.05) is 19.1 Å². The molecule has 72 valence electrons. The van der Waals surface area contributed by atoms with E-state index in [1.165, 1.54) is 22.7 Å². The van der Waals surface area contributed by atoms with E-state index >= 15 is 0 Å². The molecule has 0 radical (unpaired) electrons. The average Bonchev–Trinajstić information content (AvgIpc) is 2.73. The van der Waals surface area contributed by atoms with Crippen molar-refractivity contribution in [2.24, 2.45) is 0 Å². The van der Waals surface area contributed by atoms with Crippen LogP contribution in [0.3, 0.4) is 0 Å². The molecule has 0 bridgehead atoms. The van der Waals surface area contributed by atoms with Crippen LogP contribution in [0.1, 0.15) is 19.4 Å². The van der Waals surface area contributed by atoms with Gasteiger partial charge in [-0.2, -0.15) is 0 Å². The lowest BCUT2D eigenvalue weighted by Gasteiger charge is -1.90. The highest BCUT2D eigenvalue weighted by Gasteiger charge is 2.12. The molecule has 0 spiro atoms. The monoisotopic (exact) mass is 242 g/mol. The molecule has 2 rings (SSSR count). The predicted octanol–water partition coefficient (Wildman–Crippen LogP) is 4.00.